The zero-order valence-corrected chi connectivity index (χ0v) is 13.1. The molecule has 0 amide bonds. The van der Waals surface area contributed by atoms with Crippen LogP contribution in [0.1, 0.15) is 31.4 Å². The molecule has 1 aliphatic rings. The Morgan fingerprint density at radius 1 is 1.26 bits per heavy atom. The van der Waals surface area contributed by atoms with Crippen molar-refractivity contribution in [2.45, 2.75) is 38.0 Å². The van der Waals surface area contributed by atoms with Crippen LogP contribution in [0.15, 0.2) is 16.6 Å². The normalized spacial score (nSPS) is 24.3. The van der Waals surface area contributed by atoms with E-state index in [1.54, 1.807) is 14.2 Å². The highest BCUT2D eigenvalue weighted by Gasteiger charge is 2.30. The van der Waals surface area contributed by atoms with Gasteiger partial charge in [-0.25, -0.2) is 0 Å². The Hall–Kier alpha value is -0.780. The number of benzene rings is 1. The maximum atomic E-state index is 6.33. The third kappa shape index (κ3) is 3.04. The highest BCUT2D eigenvalue weighted by atomic mass is 79.9. The van der Waals surface area contributed by atoms with Crippen molar-refractivity contribution in [3.63, 3.8) is 0 Å². The third-order valence-corrected chi connectivity index (χ3v) is 4.21. The van der Waals surface area contributed by atoms with E-state index in [1.165, 1.54) is 0 Å². The highest BCUT2D eigenvalue weighted by molar-refractivity contribution is 9.10. The lowest BCUT2D eigenvalue weighted by Gasteiger charge is -2.22. The molecule has 3 unspecified atom stereocenters. The first-order chi connectivity index (χ1) is 9.06. The van der Waals surface area contributed by atoms with Crippen molar-refractivity contribution in [3.05, 3.63) is 22.2 Å². The summed E-state index contributed by atoms with van der Waals surface area (Å²) >= 11 is 3.54. The minimum absolute atomic E-state index is 0.0596. The lowest BCUT2D eigenvalue weighted by molar-refractivity contribution is 0.0399. The summed E-state index contributed by atoms with van der Waals surface area (Å²) in [6.45, 7) is 2.08. The molecule has 0 radical (unpaired) electrons. The van der Waals surface area contributed by atoms with Crippen LogP contribution in [-0.2, 0) is 4.74 Å². The molecular weight excluding hydrogens is 310 g/mol. The molecular formula is C14H20BrNO3. The van der Waals surface area contributed by atoms with Gasteiger partial charge in [0.2, 0.25) is 0 Å². The lowest BCUT2D eigenvalue weighted by atomic mass is 9.99. The van der Waals surface area contributed by atoms with Gasteiger partial charge >= 0.3 is 0 Å². The van der Waals surface area contributed by atoms with Gasteiger partial charge < -0.3 is 19.9 Å². The van der Waals surface area contributed by atoms with Crippen LogP contribution in [0.25, 0.3) is 0 Å². The molecule has 19 heavy (non-hydrogen) atoms. The van der Waals surface area contributed by atoms with Crippen molar-refractivity contribution in [3.8, 4) is 11.5 Å². The maximum absolute atomic E-state index is 6.33. The third-order valence-electron chi connectivity index (χ3n) is 3.53. The second-order valence-corrected chi connectivity index (χ2v) is 5.67. The summed E-state index contributed by atoms with van der Waals surface area (Å²) in [5, 5.41) is 0. The second-order valence-electron chi connectivity index (χ2n) is 4.82. The first-order valence-electron chi connectivity index (χ1n) is 6.39. The molecule has 0 aliphatic carbocycles. The summed E-state index contributed by atoms with van der Waals surface area (Å²) < 4.78 is 17.4. The van der Waals surface area contributed by atoms with Crippen molar-refractivity contribution >= 4 is 15.9 Å². The van der Waals surface area contributed by atoms with Gasteiger partial charge in [-0.15, -0.1) is 0 Å². The van der Waals surface area contributed by atoms with Crippen LogP contribution >= 0.6 is 15.9 Å². The van der Waals surface area contributed by atoms with E-state index >= 15 is 0 Å². The van der Waals surface area contributed by atoms with Crippen LogP contribution < -0.4 is 15.2 Å². The Morgan fingerprint density at radius 3 is 2.42 bits per heavy atom. The number of nitrogens with two attached hydrogens (primary N) is 1. The van der Waals surface area contributed by atoms with Crippen molar-refractivity contribution < 1.29 is 14.2 Å². The predicted octanol–water partition coefficient (Wildman–Crippen LogP) is 3.03. The molecule has 1 aromatic carbocycles. The quantitative estimate of drug-likeness (QED) is 0.922. The van der Waals surface area contributed by atoms with Crippen molar-refractivity contribution in [2.75, 3.05) is 14.2 Å². The van der Waals surface area contributed by atoms with E-state index in [-0.39, 0.29) is 18.2 Å². The number of rotatable bonds is 4. The average Bonchev–Trinajstić information content (AvgIpc) is 2.84. The van der Waals surface area contributed by atoms with Gasteiger partial charge in [0.1, 0.15) is 0 Å². The van der Waals surface area contributed by atoms with Gasteiger partial charge in [-0.1, -0.05) is 15.9 Å². The summed E-state index contributed by atoms with van der Waals surface area (Å²) in [5.41, 5.74) is 7.31. The number of hydrogen-bond acceptors (Lipinski definition) is 4. The van der Waals surface area contributed by atoms with Crippen LogP contribution in [-0.4, -0.2) is 26.4 Å². The minimum atomic E-state index is -0.167. The molecule has 1 aromatic rings. The van der Waals surface area contributed by atoms with Crippen LogP contribution in [0.2, 0.25) is 0 Å². The zero-order valence-electron chi connectivity index (χ0n) is 11.5. The molecule has 0 aromatic heterocycles. The Bertz CT molecular complexity index is 453. The van der Waals surface area contributed by atoms with Gasteiger partial charge in [-0.2, -0.15) is 0 Å². The fourth-order valence-corrected chi connectivity index (χ4v) is 3.01. The molecule has 1 saturated heterocycles. The summed E-state index contributed by atoms with van der Waals surface area (Å²) in [4.78, 5) is 0. The smallest absolute Gasteiger partial charge is 0.161 e. The van der Waals surface area contributed by atoms with E-state index in [0.717, 1.165) is 22.9 Å². The molecule has 3 atom stereocenters. The van der Waals surface area contributed by atoms with Crippen molar-refractivity contribution in [1.29, 1.82) is 0 Å². The fourth-order valence-electron chi connectivity index (χ4n) is 2.42. The Labute approximate surface area is 122 Å². The van der Waals surface area contributed by atoms with Gasteiger partial charge in [0, 0.05) is 4.47 Å². The minimum Gasteiger partial charge on any atom is -0.493 e. The molecule has 5 heteroatoms. The van der Waals surface area contributed by atoms with Crippen molar-refractivity contribution in [1.82, 2.24) is 0 Å². The lowest BCUT2D eigenvalue weighted by Crippen LogP contribution is -2.26. The molecule has 1 aliphatic heterocycles. The molecule has 0 spiro atoms. The first kappa shape index (κ1) is 14.6. The summed E-state index contributed by atoms with van der Waals surface area (Å²) in [6.07, 6.45) is 2.39. The Balaban J connectivity index is 2.28. The topological polar surface area (TPSA) is 53.7 Å². The Morgan fingerprint density at radius 2 is 1.89 bits per heavy atom. The Kier molecular flexibility index (Phi) is 4.71. The molecule has 1 heterocycles. The SMILES string of the molecule is COc1cc(Br)c(C(N)C2CCC(C)O2)cc1OC. The van der Waals surface area contributed by atoms with Gasteiger partial charge in [-0.3, -0.25) is 0 Å². The summed E-state index contributed by atoms with van der Waals surface area (Å²) in [7, 11) is 3.24. The van der Waals surface area contributed by atoms with Gasteiger partial charge in [0.15, 0.2) is 11.5 Å². The van der Waals surface area contributed by atoms with Crippen LogP contribution in [0.5, 0.6) is 11.5 Å². The van der Waals surface area contributed by atoms with E-state index < -0.39 is 0 Å². The monoisotopic (exact) mass is 329 g/mol. The van der Waals surface area contributed by atoms with Gasteiger partial charge in [0.25, 0.3) is 0 Å². The molecule has 1 fully saturated rings. The predicted molar refractivity (Wildman–Crippen MR) is 77.7 cm³/mol. The maximum Gasteiger partial charge on any atom is 0.161 e. The summed E-state index contributed by atoms with van der Waals surface area (Å²) in [5.74, 6) is 1.37. The molecule has 2 N–H and O–H groups in total. The van der Waals surface area contributed by atoms with Gasteiger partial charge in [-0.05, 0) is 37.5 Å². The fraction of sp³-hybridized carbons (Fsp3) is 0.571. The second kappa shape index (κ2) is 6.11. The van der Waals surface area contributed by atoms with E-state index in [1.807, 2.05) is 12.1 Å². The number of ether oxygens (including phenoxy) is 3. The zero-order chi connectivity index (χ0) is 14.0. The van der Waals surface area contributed by atoms with Crippen molar-refractivity contribution in [2.24, 2.45) is 5.73 Å². The molecule has 106 valence electrons. The average molecular weight is 330 g/mol. The molecule has 0 saturated carbocycles. The van der Waals surface area contributed by atoms with Crippen LogP contribution in [0, 0.1) is 0 Å². The van der Waals surface area contributed by atoms with Crippen LogP contribution in [0.3, 0.4) is 0 Å². The van der Waals surface area contributed by atoms with E-state index in [0.29, 0.717) is 11.5 Å². The molecule has 2 rings (SSSR count). The summed E-state index contributed by atoms with van der Waals surface area (Å²) in [6, 6.07) is 3.63. The first-order valence-corrected chi connectivity index (χ1v) is 7.18. The molecule has 0 bridgehead atoms. The number of hydrogen-bond donors (Lipinski definition) is 1. The number of methoxy groups -OCH3 is 2. The van der Waals surface area contributed by atoms with E-state index in [9.17, 15) is 0 Å². The van der Waals surface area contributed by atoms with Gasteiger partial charge in [0.05, 0.1) is 32.5 Å². The van der Waals surface area contributed by atoms with E-state index in [4.69, 9.17) is 19.9 Å². The molecule has 4 nitrogen and oxygen atoms in total. The highest BCUT2D eigenvalue weighted by Crippen LogP contribution is 2.38. The van der Waals surface area contributed by atoms with E-state index in [2.05, 4.69) is 22.9 Å². The van der Waals surface area contributed by atoms with Crippen LogP contribution in [0.4, 0.5) is 0 Å². The standard InChI is InChI=1S/C14H20BrNO3/c1-8-4-5-11(19-8)14(16)9-6-12(17-2)13(18-3)7-10(9)15/h6-8,11,14H,4-5,16H2,1-3H3. The number of halogens is 1. The largest absolute Gasteiger partial charge is 0.493 e.